The molecule has 0 aliphatic rings. The minimum atomic E-state index is -0.349. The minimum Gasteiger partial charge on any atom is -0.341 e. The van der Waals surface area contributed by atoms with Crippen LogP contribution in [0, 0.1) is 12.7 Å². The summed E-state index contributed by atoms with van der Waals surface area (Å²) in [6.07, 6.45) is 3.08. The summed E-state index contributed by atoms with van der Waals surface area (Å²) in [4.78, 5) is 13.4. The number of carbonyl (C=O) groups is 1. The number of aromatic nitrogens is 2. The van der Waals surface area contributed by atoms with Gasteiger partial charge < -0.3 is 5.32 Å². The molecule has 2 aromatic heterocycles. The summed E-state index contributed by atoms with van der Waals surface area (Å²) in [5, 5.41) is 9.59. The highest BCUT2D eigenvalue weighted by Crippen LogP contribution is 2.26. The third-order valence-corrected chi connectivity index (χ3v) is 5.30. The molecule has 1 aromatic carbocycles. The van der Waals surface area contributed by atoms with Gasteiger partial charge in [0.2, 0.25) is 5.91 Å². The first-order valence-corrected chi connectivity index (χ1v) is 9.18. The molecule has 0 radical (unpaired) electrons. The van der Waals surface area contributed by atoms with Gasteiger partial charge >= 0.3 is 0 Å². The quantitative estimate of drug-likeness (QED) is 0.653. The van der Waals surface area contributed by atoms with E-state index in [0.29, 0.717) is 10.7 Å². The van der Waals surface area contributed by atoms with Crippen LogP contribution in [0.2, 0.25) is 5.15 Å². The van der Waals surface area contributed by atoms with E-state index in [2.05, 4.69) is 10.4 Å². The lowest BCUT2D eigenvalue weighted by molar-refractivity contribution is -0.116. The van der Waals surface area contributed by atoms with Crippen molar-refractivity contribution < 1.29 is 9.18 Å². The summed E-state index contributed by atoms with van der Waals surface area (Å²) in [6, 6.07) is 9.62. The number of benzene rings is 1. The van der Waals surface area contributed by atoms with E-state index in [1.165, 1.54) is 29.5 Å². The first-order chi connectivity index (χ1) is 12.5. The number of carbonyl (C=O) groups excluding carboxylic acids is 1. The summed E-state index contributed by atoms with van der Waals surface area (Å²) in [6.45, 7) is 1.83. The number of halogens is 2. The Morgan fingerprint density at radius 3 is 2.65 bits per heavy atom. The molecule has 0 saturated carbocycles. The maximum absolute atomic E-state index is 13.2. The second-order valence-corrected chi connectivity index (χ2v) is 7.09. The van der Waals surface area contributed by atoms with Crippen LogP contribution < -0.4 is 5.32 Å². The third kappa shape index (κ3) is 4.03. The third-order valence-electron chi connectivity index (χ3n) is 3.92. The fourth-order valence-corrected chi connectivity index (χ4v) is 3.65. The van der Waals surface area contributed by atoms with E-state index in [0.717, 1.165) is 16.1 Å². The minimum absolute atomic E-state index is 0.271. The molecule has 1 N–H and O–H groups in total. The topological polar surface area (TPSA) is 46.9 Å². The molecule has 3 aromatic rings. The number of hydrogen-bond acceptors (Lipinski definition) is 3. The van der Waals surface area contributed by atoms with E-state index in [-0.39, 0.29) is 17.8 Å². The molecular formula is C19H17ClFN3OS. The van der Waals surface area contributed by atoms with Crippen molar-refractivity contribution in [2.45, 2.75) is 13.0 Å². The van der Waals surface area contributed by atoms with Crippen molar-refractivity contribution in [3.8, 4) is 0 Å². The molecule has 0 aliphatic heterocycles. The van der Waals surface area contributed by atoms with Crippen LogP contribution in [-0.4, -0.2) is 15.7 Å². The highest BCUT2D eigenvalue weighted by atomic mass is 35.5. The lowest BCUT2D eigenvalue weighted by atomic mass is 10.1. The van der Waals surface area contributed by atoms with Gasteiger partial charge in [-0.25, -0.2) is 4.39 Å². The van der Waals surface area contributed by atoms with Crippen LogP contribution in [0.5, 0.6) is 0 Å². The van der Waals surface area contributed by atoms with Gasteiger partial charge in [-0.1, -0.05) is 29.8 Å². The molecule has 134 valence electrons. The smallest absolute Gasteiger partial charge is 0.244 e. The van der Waals surface area contributed by atoms with Crippen molar-refractivity contribution >= 4 is 34.9 Å². The molecule has 0 aliphatic carbocycles. The Morgan fingerprint density at radius 2 is 2.08 bits per heavy atom. The number of rotatable bonds is 5. The number of thiophene rings is 1. The Labute approximate surface area is 159 Å². The van der Waals surface area contributed by atoms with E-state index >= 15 is 0 Å². The number of nitrogens with one attached hydrogen (secondary N) is 1. The van der Waals surface area contributed by atoms with Crippen LogP contribution in [0.25, 0.3) is 6.08 Å². The van der Waals surface area contributed by atoms with Crippen molar-refractivity contribution in [2.24, 2.45) is 7.05 Å². The summed E-state index contributed by atoms with van der Waals surface area (Å²) in [7, 11) is 1.74. The van der Waals surface area contributed by atoms with Gasteiger partial charge in [-0.3, -0.25) is 9.48 Å². The standard InChI is InChI=1S/C19H17ClFN3OS/c1-12-15(19(20)24(2)23-12)9-10-17(25)22-18(16-4-3-11-26-16)13-5-7-14(21)8-6-13/h3-11,18H,1-2H3,(H,22,25)/b10-9+. The molecule has 7 heteroatoms. The van der Waals surface area contributed by atoms with Crippen LogP contribution in [0.4, 0.5) is 4.39 Å². The number of nitrogens with zero attached hydrogens (tertiary/aromatic N) is 2. The molecule has 1 atom stereocenters. The Bertz CT molecular complexity index is 933. The van der Waals surface area contributed by atoms with Gasteiger partial charge in [-0.05, 0) is 42.1 Å². The zero-order valence-corrected chi connectivity index (χ0v) is 15.8. The molecule has 0 fully saturated rings. The average molecular weight is 390 g/mol. The normalized spacial score (nSPS) is 12.5. The van der Waals surface area contributed by atoms with Gasteiger partial charge in [0.25, 0.3) is 0 Å². The van der Waals surface area contributed by atoms with Crippen LogP contribution in [0.15, 0.2) is 47.9 Å². The Kier molecular flexibility index (Phi) is 5.54. The van der Waals surface area contributed by atoms with Gasteiger partial charge in [0, 0.05) is 23.6 Å². The molecule has 26 heavy (non-hydrogen) atoms. The largest absolute Gasteiger partial charge is 0.341 e. The van der Waals surface area contributed by atoms with Crippen molar-refractivity contribution in [1.82, 2.24) is 15.1 Å². The molecule has 1 amide bonds. The first kappa shape index (κ1) is 18.4. The van der Waals surface area contributed by atoms with Crippen LogP contribution in [-0.2, 0) is 11.8 Å². The van der Waals surface area contributed by atoms with E-state index < -0.39 is 0 Å². The summed E-state index contributed by atoms with van der Waals surface area (Å²) < 4.78 is 14.8. The molecule has 0 saturated heterocycles. The number of hydrogen-bond donors (Lipinski definition) is 1. The van der Waals surface area contributed by atoms with Crippen LogP contribution >= 0.6 is 22.9 Å². The van der Waals surface area contributed by atoms with Gasteiger partial charge in [0.05, 0.1) is 11.7 Å². The predicted molar refractivity (Wildman–Crippen MR) is 103 cm³/mol. The average Bonchev–Trinajstić information content (AvgIpc) is 3.22. The predicted octanol–water partition coefficient (Wildman–Crippen LogP) is 4.50. The molecule has 0 spiro atoms. The molecular weight excluding hydrogens is 373 g/mol. The van der Waals surface area contributed by atoms with Crippen LogP contribution in [0.3, 0.4) is 0 Å². The summed E-state index contributed by atoms with van der Waals surface area (Å²) in [5.41, 5.74) is 2.26. The fourth-order valence-electron chi connectivity index (χ4n) is 2.61. The zero-order valence-electron chi connectivity index (χ0n) is 14.2. The highest BCUT2D eigenvalue weighted by molar-refractivity contribution is 7.10. The lowest BCUT2D eigenvalue weighted by Gasteiger charge is -2.17. The van der Waals surface area contributed by atoms with Crippen molar-refractivity contribution in [2.75, 3.05) is 0 Å². The van der Waals surface area contributed by atoms with Gasteiger partial charge in [-0.2, -0.15) is 5.10 Å². The lowest BCUT2D eigenvalue weighted by Crippen LogP contribution is -2.27. The maximum atomic E-state index is 13.2. The Hall–Kier alpha value is -2.44. The molecule has 1 unspecified atom stereocenters. The number of aryl methyl sites for hydroxylation is 2. The number of amides is 1. The SMILES string of the molecule is Cc1nn(C)c(Cl)c1/C=C/C(=O)NC(c1ccc(F)cc1)c1cccs1. The summed E-state index contributed by atoms with van der Waals surface area (Å²) in [5.74, 6) is -0.585. The van der Waals surface area contributed by atoms with Crippen molar-refractivity contribution in [1.29, 1.82) is 0 Å². The van der Waals surface area contributed by atoms with E-state index in [1.54, 1.807) is 29.9 Å². The van der Waals surface area contributed by atoms with Gasteiger partial charge in [-0.15, -0.1) is 11.3 Å². The summed E-state index contributed by atoms with van der Waals surface area (Å²) >= 11 is 7.71. The van der Waals surface area contributed by atoms with Gasteiger partial charge in [0.15, 0.2) is 0 Å². The van der Waals surface area contributed by atoms with Gasteiger partial charge in [0.1, 0.15) is 11.0 Å². The second kappa shape index (κ2) is 7.85. The fraction of sp³-hybridized carbons (Fsp3) is 0.158. The molecule has 4 nitrogen and oxygen atoms in total. The zero-order chi connectivity index (χ0) is 18.7. The van der Waals surface area contributed by atoms with Crippen LogP contribution in [0.1, 0.15) is 27.7 Å². The second-order valence-electron chi connectivity index (χ2n) is 5.76. The Morgan fingerprint density at radius 1 is 1.35 bits per heavy atom. The van der Waals surface area contributed by atoms with Crippen molar-refractivity contribution in [3.63, 3.8) is 0 Å². The van der Waals surface area contributed by atoms with E-state index in [9.17, 15) is 9.18 Å². The highest BCUT2D eigenvalue weighted by Gasteiger charge is 2.17. The molecule has 2 heterocycles. The van der Waals surface area contributed by atoms with E-state index in [1.807, 2.05) is 24.4 Å². The van der Waals surface area contributed by atoms with E-state index in [4.69, 9.17) is 11.6 Å². The first-order valence-electron chi connectivity index (χ1n) is 7.92. The van der Waals surface area contributed by atoms with Crippen molar-refractivity contribution in [3.05, 3.63) is 80.5 Å². The Balaban J connectivity index is 1.81. The monoisotopic (exact) mass is 389 g/mol. The maximum Gasteiger partial charge on any atom is 0.244 e. The molecule has 0 bridgehead atoms. The molecule has 3 rings (SSSR count).